The molecule has 0 spiro atoms. The maximum Gasteiger partial charge on any atom is 0.253 e. The van der Waals surface area contributed by atoms with Gasteiger partial charge in [-0.15, -0.1) is 0 Å². The lowest BCUT2D eigenvalue weighted by atomic mass is 9.86. The molecular formula is C31H40N4O2. The van der Waals surface area contributed by atoms with Crippen LogP contribution in [0.4, 0.5) is 5.82 Å². The molecule has 196 valence electrons. The molecule has 1 amide bonds. The first-order valence-electron chi connectivity index (χ1n) is 13.3. The molecule has 1 aliphatic heterocycles. The molecule has 0 saturated carbocycles. The lowest BCUT2D eigenvalue weighted by Crippen LogP contribution is -2.36. The van der Waals surface area contributed by atoms with E-state index in [1.54, 1.807) is 7.11 Å². The quantitative estimate of drug-likeness (QED) is 0.441. The first kappa shape index (κ1) is 26.6. The standard InChI is InChI=1S/C31H40N4O2/c1-7-28-27(21-23-9-15-26(37-6)16-10-23)29(33-22(2)32-28)34-17-8-18-35(20-19-34)30(36)24-11-13-25(14-12-24)31(3,4)5/h9-16H,7-8,17-21H2,1-6H3. The number of anilines is 1. The second kappa shape index (κ2) is 11.3. The van der Waals surface area contributed by atoms with Gasteiger partial charge in [0.1, 0.15) is 17.4 Å². The summed E-state index contributed by atoms with van der Waals surface area (Å²) in [5, 5.41) is 0. The van der Waals surface area contributed by atoms with Crippen molar-refractivity contribution in [3.05, 3.63) is 82.3 Å². The molecule has 0 N–H and O–H groups in total. The van der Waals surface area contributed by atoms with Crippen molar-refractivity contribution in [2.75, 3.05) is 38.2 Å². The van der Waals surface area contributed by atoms with Crippen LogP contribution in [0.3, 0.4) is 0 Å². The Morgan fingerprint density at radius 1 is 0.946 bits per heavy atom. The number of amides is 1. The van der Waals surface area contributed by atoms with Crippen molar-refractivity contribution in [1.82, 2.24) is 14.9 Å². The van der Waals surface area contributed by atoms with Gasteiger partial charge < -0.3 is 14.5 Å². The Labute approximate surface area is 221 Å². The van der Waals surface area contributed by atoms with Crippen molar-refractivity contribution in [3.63, 3.8) is 0 Å². The molecule has 1 fully saturated rings. The van der Waals surface area contributed by atoms with E-state index in [2.05, 4.69) is 56.9 Å². The number of rotatable bonds is 6. The number of nitrogens with zero attached hydrogens (tertiary/aromatic N) is 4. The Kier molecular flexibility index (Phi) is 8.16. The van der Waals surface area contributed by atoms with Crippen LogP contribution in [0.2, 0.25) is 0 Å². The maximum atomic E-state index is 13.3. The van der Waals surface area contributed by atoms with Gasteiger partial charge in [-0.25, -0.2) is 9.97 Å². The van der Waals surface area contributed by atoms with Gasteiger partial charge in [0.25, 0.3) is 5.91 Å². The molecule has 3 aromatic rings. The minimum Gasteiger partial charge on any atom is -0.497 e. The fourth-order valence-electron chi connectivity index (χ4n) is 4.95. The molecule has 6 heteroatoms. The normalized spacial score (nSPS) is 14.4. The average molecular weight is 501 g/mol. The molecule has 0 radical (unpaired) electrons. The molecular weight excluding hydrogens is 460 g/mol. The first-order valence-corrected chi connectivity index (χ1v) is 13.3. The van der Waals surface area contributed by atoms with E-state index in [0.29, 0.717) is 6.54 Å². The van der Waals surface area contributed by atoms with Crippen molar-refractivity contribution in [2.24, 2.45) is 0 Å². The SMILES string of the molecule is CCc1nc(C)nc(N2CCCN(C(=O)c3ccc(C(C)(C)C)cc3)CC2)c1Cc1ccc(OC)cc1. The van der Waals surface area contributed by atoms with Crippen LogP contribution < -0.4 is 9.64 Å². The van der Waals surface area contributed by atoms with E-state index >= 15 is 0 Å². The minimum atomic E-state index is 0.0707. The third kappa shape index (κ3) is 6.30. The van der Waals surface area contributed by atoms with Crippen LogP contribution in [0.1, 0.15) is 72.7 Å². The minimum absolute atomic E-state index is 0.0707. The lowest BCUT2D eigenvalue weighted by Gasteiger charge is -2.26. The zero-order chi connectivity index (χ0) is 26.6. The van der Waals surface area contributed by atoms with Crippen LogP contribution in [0, 0.1) is 6.92 Å². The number of carbonyl (C=O) groups is 1. The van der Waals surface area contributed by atoms with Gasteiger partial charge in [0.05, 0.1) is 7.11 Å². The fourth-order valence-corrected chi connectivity index (χ4v) is 4.95. The highest BCUT2D eigenvalue weighted by Gasteiger charge is 2.24. The molecule has 0 aliphatic carbocycles. The van der Waals surface area contributed by atoms with Crippen molar-refractivity contribution >= 4 is 11.7 Å². The first-order chi connectivity index (χ1) is 17.7. The summed E-state index contributed by atoms with van der Waals surface area (Å²) in [7, 11) is 1.68. The van der Waals surface area contributed by atoms with E-state index in [4.69, 9.17) is 14.7 Å². The summed E-state index contributed by atoms with van der Waals surface area (Å²) < 4.78 is 5.33. The van der Waals surface area contributed by atoms with Gasteiger partial charge in [-0.3, -0.25) is 4.79 Å². The molecule has 6 nitrogen and oxygen atoms in total. The maximum absolute atomic E-state index is 13.3. The predicted octanol–water partition coefficient (Wildman–Crippen LogP) is 5.60. The van der Waals surface area contributed by atoms with Crippen LogP contribution in [-0.4, -0.2) is 54.1 Å². The smallest absolute Gasteiger partial charge is 0.253 e. The van der Waals surface area contributed by atoms with Gasteiger partial charge in [-0.05, 0) is 60.6 Å². The molecule has 4 rings (SSSR count). The summed E-state index contributed by atoms with van der Waals surface area (Å²) in [6.45, 7) is 13.7. The van der Waals surface area contributed by atoms with Crippen LogP contribution >= 0.6 is 0 Å². The van der Waals surface area contributed by atoms with Crippen molar-refractivity contribution in [2.45, 2.75) is 59.3 Å². The molecule has 37 heavy (non-hydrogen) atoms. The monoisotopic (exact) mass is 500 g/mol. The van der Waals surface area contributed by atoms with Crippen molar-refractivity contribution < 1.29 is 9.53 Å². The van der Waals surface area contributed by atoms with Gasteiger partial charge >= 0.3 is 0 Å². The molecule has 2 heterocycles. The number of methoxy groups -OCH3 is 1. The Balaban J connectivity index is 1.54. The van der Waals surface area contributed by atoms with Gasteiger partial charge in [0.15, 0.2) is 0 Å². The van der Waals surface area contributed by atoms with Gasteiger partial charge in [-0.1, -0.05) is 52.0 Å². The van der Waals surface area contributed by atoms with E-state index in [1.807, 2.05) is 36.1 Å². The summed E-state index contributed by atoms with van der Waals surface area (Å²) in [5.41, 5.74) is 5.54. The van der Waals surface area contributed by atoms with Crippen LogP contribution in [-0.2, 0) is 18.3 Å². The topological polar surface area (TPSA) is 58.6 Å². The Hall–Kier alpha value is -3.41. The predicted molar refractivity (Wildman–Crippen MR) is 150 cm³/mol. The Morgan fingerprint density at radius 2 is 1.65 bits per heavy atom. The van der Waals surface area contributed by atoms with Gasteiger partial charge in [-0.2, -0.15) is 0 Å². The second-order valence-electron chi connectivity index (χ2n) is 10.9. The second-order valence-corrected chi connectivity index (χ2v) is 10.9. The molecule has 1 saturated heterocycles. The van der Waals surface area contributed by atoms with E-state index in [-0.39, 0.29) is 11.3 Å². The van der Waals surface area contributed by atoms with Crippen LogP contribution in [0.25, 0.3) is 0 Å². The van der Waals surface area contributed by atoms with E-state index in [1.165, 1.54) is 16.7 Å². The van der Waals surface area contributed by atoms with Gasteiger partial charge in [0, 0.05) is 49.4 Å². The summed E-state index contributed by atoms with van der Waals surface area (Å²) in [5.74, 6) is 2.75. The highest BCUT2D eigenvalue weighted by molar-refractivity contribution is 5.94. The third-order valence-corrected chi connectivity index (χ3v) is 7.14. The Morgan fingerprint density at radius 3 is 2.27 bits per heavy atom. The summed E-state index contributed by atoms with van der Waals surface area (Å²) >= 11 is 0. The molecule has 1 aliphatic rings. The molecule has 2 aromatic carbocycles. The zero-order valence-electron chi connectivity index (χ0n) is 23.2. The average Bonchev–Trinajstić information content (AvgIpc) is 3.15. The number of ether oxygens (including phenoxy) is 1. The number of hydrogen-bond donors (Lipinski definition) is 0. The van der Waals surface area contributed by atoms with Crippen LogP contribution in [0.15, 0.2) is 48.5 Å². The van der Waals surface area contributed by atoms with Crippen molar-refractivity contribution in [3.8, 4) is 5.75 Å². The number of hydrogen-bond acceptors (Lipinski definition) is 5. The molecule has 0 atom stereocenters. The number of aryl methyl sites for hydroxylation is 2. The van der Waals surface area contributed by atoms with E-state index in [9.17, 15) is 4.79 Å². The molecule has 0 unspecified atom stereocenters. The lowest BCUT2D eigenvalue weighted by molar-refractivity contribution is 0.0767. The highest BCUT2D eigenvalue weighted by atomic mass is 16.5. The highest BCUT2D eigenvalue weighted by Crippen LogP contribution is 2.27. The van der Waals surface area contributed by atoms with Gasteiger partial charge in [0.2, 0.25) is 0 Å². The molecule has 0 bridgehead atoms. The summed E-state index contributed by atoms with van der Waals surface area (Å²) in [6.07, 6.45) is 2.52. The fraction of sp³-hybridized carbons (Fsp3) is 0.452. The van der Waals surface area contributed by atoms with Crippen molar-refractivity contribution in [1.29, 1.82) is 0 Å². The van der Waals surface area contributed by atoms with E-state index in [0.717, 1.165) is 67.5 Å². The number of carbonyl (C=O) groups excluding carboxylic acids is 1. The third-order valence-electron chi connectivity index (χ3n) is 7.14. The zero-order valence-corrected chi connectivity index (χ0v) is 23.2. The molecule has 1 aromatic heterocycles. The van der Waals surface area contributed by atoms with E-state index < -0.39 is 0 Å². The summed E-state index contributed by atoms with van der Waals surface area (Å²) in [4.78, 5) is 27.4. The Bertz CT molecular complexity index is 1210. The summed E-state index contributed by atoms with van der Waals surface area (Å²) in [6, 6.07) is 16.3. The number of benzene rings is 2. The number of aromatic nitrogens is 2. The largest absolute Gasteiger partial charge is 0.497 e. The van der Waals surface area contributed by atoms with Crippen LogP contribution in [0.5, 0.6) is 5.75 Å².